The van der Waals surface area contributed by atoms with E-state index in [0.717, 1.165) is 0 Å². The van der Waals surface area contributed by atoms with Crippen LogP contribution in [0.5, 0.6) is 0 Å². The molecule has 0 aromatic rings. The molecule has 0 saturated heterocycles. The van der Waals surface area contributed by atoms with Crippen LogP contribution in [0.2, 0.25) is 0 Å². The first-order chi connectivity index (χ1) is 37.6. The summed E-state index contributed by atoms with van der Waals surface area (Å²) in [5.74, 6) is -10.7. The molecule has 1 aliphatic rings. The molecule has 0 unspecified atom stereocenters. The average molecular weight is 1160 g/mol. The molecule has 0 bridgehead atoms. The Labute approximate surface area is 474 Å². The van der Waals surface area contributed by atoms with E-state index in [4.69, 9.17) is 0 Å². The summed E-state index contributed by atoms with van der Waals surface area (Å²) in [5.41, 5.74) is 2.93. The van der Waals surface area contributed by atoms with Crippen molar-refractivity contribution in [3.8, 4) is 0 Å². The van der Waals surface area contributed by atoms with Crippen LogP contribution in [0.3, 0.4) is 0 Å². The van der Waals surface area contributed by atoms with Crippen molar-refractivity contribution in [2.24, 2.45) is 0 Å². The molecule has 450 valence electrons. The summed E-state index contributed by atoms with van der Waals surface area (Å²) in [7, 11) is 0. The van der Waals surface area contributed by atoms with Gasteiger partial charge >= 0.3 is 0 Å². The maximum atomic E-state index is 12.9. The van der Waals surface area contributed by atoms with Crippen LogP contribution in [0.4, 0.5) is 0 Å². The summed E-state index contributed by atoms with van der Waals surface area (Å²) in [6.07, 6.45) is 4.65. The van der Waals surface area contributed by atoms with Gasteiger partial charge in [-0.2, -0.15) is 12.6 Å². The van der Waals surface area contributed by atoms with E-state index in [1.807, 2.05) is 0 Å². The Morgan fingerprint density at radius 3 is 0.642 bits per heavy atom. The van der Waals surface area contributed by atoms with Gasteiger partial charge in [0.1, 0.15) is 84.6 Å². The van der Waals surface area contributed by atoms with E-state index in [1.54, 1.807) is 6.08 Å². The molecule has 0 aliphatic heterocycles. The van der Waals surface area contributed by atoms with E-state index in [9.17, 15) is 71.9 Å². The number of amides is 15. The predicted octanol–water partition coefficient (Wildman–Crippen LogP) is -6.25. The maximum absolute atomic E-state index is 12.9. The first-order valence-electron chi connectivity index (χ1n) is 25.9. The number of carbonyl (C=O) groups excluding carboxylic acids is 15. The van der Waals surface area contributed by atoms with Crippen LogP contribution in [-0.4, -0.2) is 185 Å². The van der Waals surface area contributed by atoms with Crippen LogP contribution in [-0.2, 0) is 71.9 Å². The number of thiol groups is 1. The Morgan fingerprint density at radius 2 is 0.481 bits per heavy atom. The van der Waals surface area contributed by atoms with Crippen LogP contribution >= 0.6 is 12.6 Å². The highest BCUT2D eigenvalue weighted by atomic mass is 32.1. The number of carbonyl (C=O) groups is 15. The fourth-order valence-electron chi connectivity index (χ4n) is 6.39. The molecule has 0 fully saturated rings. The molecule has 0 heterocycles. The normalized spacial score (nSPS) is 16.5. The van der Waals surface area contributed by atoms with E-state index >= 15 is 0 Å². The van der Waals surface area contributed by atoms with Crippen LogP contribution in [0, 0.1) is 0 Å². The SMILES string of the molecule is C[C@H](NC(=O)C1=C=CC=C1)C(=O)N[C@@H](C)C(=O)N[C@@H](C)C(=O)N[C@@H](C)C(=O)N[C@@H](C)C(=O)N[C@@H](C)C(=O)N[C@@H](C)C(=O)N[C@@H](C)C(=O)N[C@@H](C)C(=O)N[C@@H](C)C(=O)N[C@@H](C)C(=O)N[C@@H](C)C(=O)N[C@@H](C)C(=O)N[C@@H](C)C(=O)NCCS. The van der Waals surface area contributed by atoms with Crippen molar-refractivity contribution in [3.63, 3.8) is 0 Å². The third kappa shape index (κ3) is 24.7. The van der Waals surface area contributed by atoms with Crippen molar-refractivity contribution in [2.45, 2.75) is 182 Å². The zero-order valence-electron chi connectivity index (χ0n) is 47.8. The third-order valence-electron chi connectivity index (χ3n) is 11.8. The third-order valence-corrected chi connectivity index (χ3v) is 12.0. The van der Waals surface area contributed by atoms with E-state index in [-0.39, 0.29) is 5.57 Å². The fraction of sp³-hybridized carbons (Fsp3) is 0.600. The van der Waals surface area contributed by atoms with Gasteiger partial charge in [-0.1, -0.05) is 6.08 Å². The number of allylic oxidation sites excluding steroid dienone is 1. The van der Waals surface area contributed by atoms with E-state index in [1.165, 1.54) is 109 Å². The van der Waals surface area contributed by atoms with Crippen LogP contribution in [0.1, 0.15) is 96.9 Å². The van der Waals surface area contributed by atoms with Crippen molar-refractivity contribution >= 4 is 101 Å². The van der Waals surface area contributed by atoms with Crippen molar-refractivity contribution in [1.29, 1.82) is 0 Å². The Kier molecular flexibility index (Phi) is 29.6. The molecule has 14 atom stereocenters. The van der Waals surface area contributed by atoms with E-state index in [0.29, 0.717) is 12.3 Å². The molecule has 0 aromatic heterocycles. The fourth-order valence-corrected chi connectivity index (χ4v) is 6.51. The number of hydrogen-bond acceptors (Lipinski definition) is 16. The highest BCUT2D eigenvalue weighted by molar-refractivity contribution is 7.80. The molecular weight excluding hydrogens is 1080 g/mol. The number of rotatable bonds is 31. The van der Waals surface area contributed by atoms with Gasteiger partial charge in [0.2, 0.25) is 82.7 Å². The van der Waals surface area contributed by atoms with Crippen LogP contribution in [0.25, 0.3) is 0 Å². The summed E-state index contributed by atoms with van der Waals surface area (Å²) < 4.78 is 0. The van der Waals surface area contributed by atoms with Gasteiger partial charge in [0.15, 0.2) is 0 Å². The van der Waals surface area contributed by atoms with Crippen molar-refractivity contribution in [1.82, 2.24) is 79.8 Å². The topological polar surface area (TPSA) is 436 Å². The lowest BCUT2D eigenvalue weighted by Gasteiger charge is -2.24. The van der Waals surface area contributed by atoms with Gasteiger partial charge in [0.25, 0.3) is 5.91 Å². The second-order valence-corrected chi connectivity index (χ2v) is 19.7. The Morgan fingerprint density at radius 1 is 0.309 bits per heavy atom. The molecular formula is C50H79N15O15S. The largest absolute Gasteiger partial charge is 0.354 e. The Balaban J connectivity index is 2.55. The first-order valence-corrected chi connectivity index (χ1v) is 26.5. The van der Waals surface area contributed by atoms with Gasteiger partial charge in [-0.3, -0.25) is 71.9 Å². The lowest BCUT2D eigenvalue weighted by molar-refractivity contribution is -0.135. The highest BCUT2D eigenvalue weighted by Crippen LogP contribution is 2.03. The smallest absolute Gasteiger partial charge is 0.259 e. The summed E-state index contributed by atoms with van der Waals surface area (Å²) in [4.78, 5) is 191. The molecule has 15 amide bonds. The van der Waals surface area contributed by atoms with Crippen LogP contribution in [0.15, 0.2) is 29.5 Å². The maximum Gasteiger partial charge on any atom is 0.259 e. The van der Waals surface area contributed by atoms with Gasteiger partial charge in [0, 0.05) is 12.3 Å². The lowest BCUT2D eigenvalue weighted by Crippen LogP contribution is -2.59. The van der Waals surface area contributed by atoms with Crippen molar-refractivity contribution in [2.75, 3.05) is 12.3 Å². The van der Waals surface area contributed by atoms with E-state index < -0.39 is 173 Å². The van der Waals surface area contributed by atoms with Crippen molar-refractivity contribution in [3.05, 3.63) is 29.5 Å². The molecule has 30 nitrogen and oxygen atoms in total. The molecule has 81 heavy (non-hydrogen) atoms. The average Bonchev–Trinajstić information content (AvgIpc) is 3.95. The molecule has 1 rings (SSSR count). The second kappa shape index (κ2) is 33.9. The summed E-state index contributed by atoms with van der Waals surface area (Å²) in [6.45, 7) is 19.0. The minimum Gasteiger partial charge on any atom is -0.354 e. The quantitative estimate of drug-likeness (QED) is 0.0227. The monoisotopic (exact) mass is 1160 g/mol. The predicted molar refractivity (Wildman–Crippen MR) is 294 cm³/mol. The minimum atomic E-state index is -1.26. The summed E-state index contributed by atoms with van der Waals surface area (Å²) in [5, 5.41) is 36.3. The molecule has 0 radical (unpaired) electrons. The molecule has 15 N–H and O–H groups in total. The van der Waals surface area contributed by atoms with Gasteiger partial charge in [-0.15, -0.1) is 5.73 Å². The Hall–Kier alpha value is -8.34. The van der Waals surface area contributed by atoms with Gasteiger partial charge in [-0.25, -0.2) is 0 Å². The minimum absolute atomic E-state index is 0.228. The summed E-state index contributed by atoms with van der Waals surface area (Å²) in [6, 6.07) is -16.4. The first kappa shape index (κ1) is 70.7. The molecule has 0 aromatic carbocycles. The van der Waals surface area contributed by atoms with Gasteiger partial charge in [0.05, 0.1) is 5.57 Å². The van der Waals surface area contributed by atoms with Gasteiger partial charge in [-0.05, 0) is 109 Å². The van der Waals surface area contributed by atoms with Gasteiger partial charge < -0.3 is 79.8 Å². The second-order valence-electron chi connectivity index (χ2n) is 19.3. The number of hydrogen-bond donors (Lipinski definition) is 16. The highest BCUT2D eigenvalue weighted by Gasteiger charge is 2.31. The van der Waals surface area contributed by atoms with Crippen molar-refractivity contribution < 1.29 is 71.9 Å². The van der Waals surface area contributed by atoms with Crippen LogP contribution < -0.4 is 79.8 Å². The zero-order chi connectivity index (χ0) is 62.2. The summed E-state index contributed by atoms with van der Waals surface area (Å²) >= 11 is 4.00. The zero-order valence-corrected chi connectivity index (χ0v) is 48.7. The number of nitrogens with one attached hydrogen (secondary N) is 15. The van der Waals surface area contributed by atoms with E-state index in [2.05, 4.69) is 98.1 Å². The molecule has 0 spiro atoms. The molecule has 1 aliphatic carbocycles. The lowest BCUT2D eigenvalue weighted by atomic mass is 10.2. The Bertz CT molecular complexity index is 2500. The molecule has 0 saturated carbocycles. The molecule has 31 heteroatoms. The standard InChI is InChI=1S/C50H79N15O15S/c1-21(36(66)51-19-20-81)52-37(67)22(2)53-38(68)23(3)54-39(69)24(4)55-40(70)25(5)56-41(71)26(6)57-42(72)27(7)58-43(73)28(8)59-44(74)29(9)60-45(75)30(10)61-46(76)31(11)62-47(77)32(12)63-48(78)33(13)64-49(79)34(14)65-50(80)35-17-15-16-18-35/h15-17,21-34,81H,19-20H2,1-14H3,(H,51,66)(H,52,67)(H,53,68)(H,54,69)(H,55,70)(H,56,71)(H,57,72)(H,58,73)(H,59,74)(H,60,75)(H,61,76)(H,62,77)(H,63,78)(H,64,79)(H,65,80)/t21-,22-,23-,24-,25-,26-,27-,28-,29-,30-,31-,32-,33-,34-/m0/s1.